The summed E-state index contributed by atoms with van der Waals surface area (Å²) in [5, 5.41) is 10.6. The Kier molecular flexibility index (Phi) is 5.80. The largest absolute Gasteiger partial charge is 0.389 e. The van der Waals surface area contributed by atoms with Crippen LogP contribution in [0.15, 0.2) is 12.2 Å². The maximum absolute atomic E-state index is 10.6. The highest BCUT2D eigenvalue weighted by Gasteiger charge is 2.60. The molecule has 1 heteroatoms. The SMILES string of the molecule is CC(C)CCC[C@@H](C)[C@H]1CC[C@H]2[C@@H]3CC[C@H]4[C@@H](O)C=CC[C@]4(C)[C@H]3CC[C@]12C. The Hall–Kier alpha value is -0.300. The second-order valence-corrected chi connectivity index (χ2v) is 12.2. The first-order valence-electron chi connectivity index (χ1n) is 12.6. The Morgan fingerprint density at radius 2 is 1.61 bits per heavy atom. The number of rotatable bonds is 5. The van der Waals surface area contributed by atoms with Crippen molar-refractivity contribution in [3.05, 3.63) is 12.2 Å². The monoisotopic (exact) mass is 386 g/mol. The van der Waals surface area contributed by atoms with E-state index < -0.39 is 0 Å². The van der Waals surface area contributed by atoms with E-state index in [1.54, 1.807) is 0 Å². The van der Waals surface area contributed by atoms with E-state index in [0.29, 0.717) is 16.7 Å². The fraction of sp³-hybridized carbons (Fsp3) is 0.926. The van der Waals surface area contributed by atoms with Gasteiger partial charge in [0.2, 0.25) is 0 Å². The number of aliphatic hydroxyl groups is 1. The second-order valence-electron chi connectivity index (χ2n) is 12.2. The average molecular weight is 387 g/mol. The lowest BCUT2D eigenvalue weighted by Gasteiger charge is -2.60. The molecule has 0 spiro atoms. The second kappa shape index (κ2) is 7.75. The Bertz CT molecular complexity index is 579. The summed E-state index contributed by atoms with van der Waals surface area (Å²) in [6.45, 7) is 12.5. The lowest BCUT2D eigenvalue weighted by molar-refractivity contribution is -0.122. The molecule has 0 heterocycles. The summed E-state index contributed by atoms with van der Waals surface area (Å²) in [5.41, 5.74) is 0.935. The van der Waals surface area contributed by atoms with E-state index in [1.807, 2.05) is 0 Å². The van der Waals surface area contributed by atoms with Crippen molar-refractivity contribution in [2.45, 2.75) is 105 Å². The Morgan fingerprint density at radius 3 is 2.36 bits per heavy atom. The zero-order valence-electron chi connectivity index (χ0n) is 19.3. The van der Waals surface area contributed by atoms with E-state index in [9.17, 15) is 5.11 Å². The van der Waals surface area contributed by atoms with Gasteiger partial charge in [-0.1, -0.05) is 66.0 Å². The minimum absolute atomic E-state index is 0.190. The maximum atomic E-state index is 10.6. The van der Waals surface area contributed by atoms with Crippen LogP contribution in [0.4, 0.5) is 0 Å². The number of allylic oxidation sites excluding steroid dienone is 1. The highest BCUT2D eigenvalue weighted by molar-refractivity contribution is 5.14. The molecule has 4 aliphatic carbocycles. The molecule has 0 aliphatic heterocycles. The van der Waals surface area contributed by atoms with Gasteiger partial charge in [-0.25, -0.2) is 0 Å². The molecule has 0 bridgehead atoms. The van der Waals surface area contributed by atoms with Gasteiger partial charge in [-0.3, -0.25) is 0 Å². The van der Waals surface area contributed by atoms with Crippen LogP contribution in [-0.4, -0.2) is 11.2 Å². The van der Waals surface area contributed by atoms with Gasteiger partial charge in [-0.15, -0.1) is 0 Å². The summed E-state index contributed by atoms with van der Waals surface area (Å²) in [4.78, 5) is 0. The zero-order valence-corrected chi connectivity index (χ0v) is 19.3. The van der Waals surface area contributed by atoms with Crippen LogP contribution < -0.4 is 0 Å². The summed E-state index contributed by atoms with van der Waals surface area (Å²) in [5.74, 6) is 5.93. The maximum Gasteiger partial charge on any atom is 0.0754 e. The average Bonchev–Trinajstić information content (AvgIpc) is 2.98. The van der Waals surface area contributed by atoms with Crippen molar-refractivity contribution in [2.24, 2.45) is 52.3 Å². The Labute approximate surface area is 174 Å². The van der Waals surface area contributed by atoms with Crippen LogP contribution in [0.2, 0.25) is 0 Å². The van der Waals surface area contributed by atoms with Gasteiger partial charge in [0, 0.05) is 0 Å². The molecule has 9 atom stereocenters. The predicted molar refractivity (Wildman–Crippen MR) is 119 cm³/mol. The molecule has 1 nitrogen and oxygen atoms in total. The van der Waals surface area contributed by atoms with Gasteiger partial charge in [-0.2, -0.15) is 0 Å². The van der Waals surface area contributed by atoms with Crippen LogP contribution >= 0.6 is 0 Å². The molecule has 0 radical (unpaired) electrons. The number of aliphatic hydroxyl groups excluding tert-OH is 1. The molecule has 1 N–H and O–H groups in total. The summed E-state index contributed by atoms with van der Waals surface area (Å²) in [6.07, 6.45) is 18.1. The lowest BCUT2D eigenvalue weighted by atomic mass is 9.45. The molecule has 0 amide bonds. The van der Waals surface area contributed by atoms with Gasteiger partial charge < -0.3 is 5.11 Å². The van der Waals surface area contributed by atoms with Gasteiger partial charge in [0.1, 0.15) is 0 Å². The molecule has 0 unspecified atom stereocenters. The highest BCUT2D eigenvalue weighted by Crippen LogP contribution is 2.68. The van der Waals surface area contributed by atoms with Gasteiger partial charge in [-0.05, 0) is 97.2 Å². The minimum atomic E-state index is -0.190. The number of hydrogen-bond acceptors (Lipinski definition) is 1. The summed E-state index contributed by atoms with van der Waals surface area (Å²) >= 11 is 0. The summed E-state index contributed by atoms with van der Waals surface area (Å²) in [7, 11) is 0. The van der Waals surface area contributed by atoms with E-state index in [4.69, 9.17) is 0 Å². The van der Waals surface area contributed by atoms with E-state index in [-0.39, 0.29) is 6.10 Å². The van der Waals surface area contributed by atoms with Crippen molar-refractivity contribution in [3.63, 3.8) is 0 Å². The van der Waals surface area contributed by atoms with Crippen LogP contribution in [0, 0.1) is 52.3 Å². The molecule has 0 aromatic heterocycles. The molecule has 0 aromatic carbocycles. The van der Waals surface area contributed by atoms with E-state index >= 15 is 0 Å². The Balaban J connectivity index is 1.48. The number of hydrogen-bond donors (Lipinski definition) is 1. The fourth-order valence-electron chi connectivity index (χ4n) is 8.97. The third-order valence-corrected chi connectivity index (χ3v) is 10.4. The minimum Gasteiger partial charge on any atom is -0.389 e. The van der Waals surface area contributed by atoms with Crippen molar-refractivity contribution in [2.75, 3.05) is 0 Å². The fourth-order valence-corrected chi connectivity index (χ4v) is 8.97. The number of fused-ring (bicyclic) bond motifs is 5. The first-order valence-corrected chi connectivity index (χ1v) is 12.6. The molecule has 3 saturated carbocycles. The van der Waals surface area contributed by atoms with E-state index in [1.165, 1.54) is 64.2 Å². The molecule has 0 aromatic rings. The molecule has 0 saturated heterocycles. The highest BCUT2D eigenvalue weighted by atomic mass is 16.3. The van der Waals surface area contributed by atoms with Crippen molar-refractivity contribution in [3.8, 4) is 0 Å². The quantitative estimate of drug-likeness (QED) is 0.493. The van der Waals surface area contributed by atoms with Gasteiger partial charge in [0.05, 0.1) is 6.10 Å². The Morgan fingerprint density at radius 1 is 0.893 bits per heavy atom. The van der Waals surface area contributed by atoms with Crippen LogP contribution in [-0.2, 0) is 0 Å². The normalized spacial score (nSPS) is 48.8. The molecule has 160 valence electrons. The molecule has 3 fully saturated rings. The van der Waals surface area contributed by atoms with Gasteiger partial charge in [0.15, 0.2) is 0 Å². The smallest absolute Gasteiger partial charge is 0.0754 e. The molecule has 4 rings (SSSR count). The molecule has 4 aliphatic rings. The zero-order chi connectivity index (χ0) is 20.1. The van der Waals surface area contributed by atoms with Crippen LogP contribution in [0.5, 0.6) is 0 Å². The predicted octanol–water partition coefficient (Wildman–Crippen LogP) is 7.24. The first kappa shape index (κ1) is 21.0. The van der Waals surface area contributed by atoms with Crippen molar-refractivity contribution >= 4 is 0 Å². The third kappa shape index (κ3) is 3.32. The summed E-state index contributed by atoms with van der Waals surface area (Å²) in [6, 6.07) is 0. The van der Waals surface area contributed by atoms with Crippen LogP contribution in [0.1, 0.15) is 98.8 Å². The van der Waals surface area contributed by atoms with Crippen LogP contribution in [0.3, 0.4) is 0 Å². The first-order chi connectivity index (χ1) is 13.3. The van der Waals surface area contributed by atoms with Gasteiger partial charge in [0.25, 0.3) is 0 Å². The van der Waals surface area contributed by atoms with Gasteiger partial charge >= 0.3 is 0 Å². The van der Waals surface area contributed by atoms with Crippen molar-refractivity contribution in [1.29, 1.82) is 0 Å². The standard InChI is InChI=1S/C27H46O/c1-18(2)8-6-9-19(3)21-13-14-22-20-11-12-24-25(28)10-7-16-26(24,4)23(20)15-17-27(21,22)5/h7,10,18-25,28H,6,8-9,11-17H2,1-5H3/t19-,20+,21-,22+,23+,24+,25+,26-,27-/m1/s1. The van der Waals surface area contributed by atoms with Crippen LogP contribution in [0.25, 0.3) is 0 Å². The molecular weight excluding hydrogens is 340 g/mol. The summed E-state index contributed by atoms with van der Waals surface area (Å²) < 4.78 is 0. The third-order valence-electron chi connectivity index (χ3n) is 10.4. The van der Waals surface area contributed by atoms with Crippen molar-refractivity contribution < 1.29 is 5.11 Å². The molecule has 28 heavy (non-hydrogen) atoms. The van der Waals surface area contributed by atoms with E-state index in [2.05, 4.69) is 46.8 Å². The molecular formula is C27H46O. The van der Waals surface area contributed by atoms with E-state index in [0.717, 1.165) is 35.5 Å². The topological polar surface area (TPSA) is 20.2 Å². The van der Waals surface area contributed by atoms with Crippen molar-refractivity contribution in [1.82, 2.24) is 0 Å². The lowest BCUT2D eigenvalue weighted by Crippen LogP contribution is -2.54.